The van der Waals surface area contributed by atoms with Crippen LogP contribution in [0.5, 0.6) is 11.5 Å². The lowest BCUT2D eigenvalue weighted by Gasteiger charge is -2.32. The molecular formula is C22H31IN4O2S. The molecule has 2 N–H and O–H groups in total. The van der Waals surface area contributed by atoms with E-state index in [0.717, 1.165) is 49.2 Å². The van der Waals surface area contributed by atoms with Gasteiger partial charge in [-0.3, -0.25) is 4.90 Å². The van der Waals surface area contributed by atoms with Crippen LogP contribution in [-0.2, 0) is 13.1 Å². The number of fused-ring (bicyclic) bond motifs is 1. The van der Waals surface area contributed by atoms with Gasteiger partial charge in [0.05, 0.1) is 6.54 Å². The zero-order valence-corrected chi connectivity index (χ0v) is 20.6. The standard InChI is InChI=1S/C22H30N4O2S.HI/c1-2-23-22(24-12-17-7-8-20-21(11-17)28-16-27-20)25-13-18-5-3-9-26(14-18)15-19-6-4-10-29-19;/h4,6-8,10-11,18H,2-3,5,9,12-16H2,1H3,(H2,23,24,25);1H. The number of thiophene rings is 1. The monoisotopic (exact) mass is 542 g/mol. The van der Waals surface area contributed by atoms with E-state index in [2.05, 4.69) is 40.0 Å². The number of benzene rings is 1. The molecule has 1 fully saturated rings. The van der Waals surface area contributed by atoms with Crippen molar-refractivity contribution in [2.75, 3.05) is 33.0 Å². The molecule has 1 saturated heterocycles. The van der Waals surface area contributed by atoms with Crippen LogP contribution < -0.4 is 20.1 Å². The minimum Gasteiger partial charge on any atom is -0.454 e. The molecule has 0 amide bonds. The molecule has 0 radical (unpaired) electrons. The van der Waals surface area contributed by atoms with E-state index < -0.39 is 0 Å². The summed E-state index contributed by atoms with van der Waals surface area (Å²) in [7, 11) is 0. The third kappa shape index (κ3) is 6.49. The van der Waals surface area contributed by atoms with Crippen LogP contribution in [0.2, 0.25) is 0 Å². The Labute approximate surface area is 200 Å². The Bertz CT molecular complexity index is 815. The summed E-state index contributed by atoms with van der Waals surface area (Å²) in [5, 5.41) is 9.08. The fourth-order valence-corrected chi connectivity index (χ4v) is 4.62. The summed E-state index contributed by atoms with van der Waals surface area (Å²) in [6.07, 6.45) is 2.54. The molecule has 1 atom stereocenters. The predicted octanol–water partition coefficient (Wildman–Crippen LogP) is 4.06. The Balaban J connectivity index is 0.00000256. The Hall–Kier alpha value is -1.52. The van der Waals surface area contributed by atoms with Gasteiger partial charge in [0.15, 0.2) is 17.5 Å². The van der Waals surface area contributed by atoms with Crippen LogP contribution in [0.1, 0.15) is 30.2 Å². The van der Waals surface area contributed by atoms with E-state index >= 15 is 0 Å². The Morgan fingerprint density at radius 1 is 1.23 bits per heavy atom. The molecule has 1 aromatic carbocycles. The fourth-order valence-electron chi connectivity index (χ4n) is 3.88. The SMILES string of the molecule is CCNC(=NCc1ccc2c(c1)OCO2)NCC1CCCN(Cc2cccs2)C1.I. The van der Waals surface area contributed by atoms with Crippen LogP contribution in [0.4, 0.5) is 0 Å². The summed E-state index contributed by atoms with van der Waals surface area (Å²) in [5.74, 6) is 3.15. The molecule has 0 saturated carbocycles. The highest BCUT2D eigenvalue weighted by atomic mass is 127. The first-order valence-electron chi connectivity index (χ1n) is 10.5. The van der Waals surface area contributed by atoms with Crippen molar-refractivity contribution in [3.63, 3.8) is 0 Å². The summed E-state index contributed by atoms with van der Waals surface area (Å²) in [6, 6.07) is 10.4. The maximum absolute atomic E-state index is 5.46. The normalized spacial score (nSPS) is 18.7. The molecule has 0 aliphatic carbocycles. The second-order valence-corrected chi connectivity index (χ2v) is 8.62. The number of likely N-dealkylation sites (tertiary alicyclic amines) is 1. The van der Waals surface area contributed by atoms with E-state index in [-0.39, 0.29) is 24.0 Å². The highest BCUT2D eigenvalue weighted by Gasteiger charge is 2.20. The summed E-state index contributed by atoms with van der Waals surface area (Å²) >= 11 is 1.85. The number of rotatable bonds is 7. The van der Waals surface area contributed by atoms with Crippen LogP contribution in [0.25, 0.3) is 0 Å². The third-order valence-corrected chi connectivity index (χ3v) is 6.18. The van der Waals surface area contributed by atoms with Crippen molar-refractivity contribution in [3.8, 4) is 11.5 Å². The number of ether oxygens (including phenoxy) is 2. The molecule has 2 aliphatic rings. The topological polar surface area (TPSA) is 58.1 Å². The van der Waals surface area contributed by atoms with Gasteiger partial charge in [-0.15, -0.1) is 35.3 Å². The number of halogens is 1. The van der Waals surface area contributed by atoms with Crippen molar-refractivity contribution in [2.24, 2.45) is 10.9 Å². The van der Waals surface area contributed by atoms with Gasteiger partial charge in [0.2, 0.25) is 6.79 Å². The van der Waals surface area contributed by atoms with E-state index in [0.29, 0.717) is 19.3 Å². The summed E-state index contributed by atoms with van der Waals surface area (Å²) in [5.41, 5.74) is 1.12. The van der Waals surface area contributed by atoms with Crippen LogP contribution in [0.15, 0.2) is 40.7 Å². The van der Waals surface area contributed by atoms with Gasteiger partial charge in [0.1, 0.15) is 0 Å². The molecular weight excluding hydrogens is 511 g/mol. The molecule has 2 aliphatic heterocycles. The first-order chi connectivity index (χ1) is 14.3. The molecule has 3 heterocycles. The second kappa shape index (κ2) is 11.8. The molecule has 0 spiro atoms. The third-order valence-electron chi connectivity index (χ3n) is 5.32. The van der Waals surface area contributed by atoms with Gasteiger partial charge in [-0.1, -0.05) is 12.1 Å². The average Bonchev–Trinajstić information content (AvgIpc) is 3.42. The molecule has 1 aromatic heterocycles. The van der Waals surface area contributed by atoms with Gasteiger partial charge < -0.3 is 20.1 Å². The van der Waals surface area contributed by atoms with Gasteiger partial charge >= 0.3 is 0 Å². The zero-order valence-electron chi connectivity index (χ0n) is 17.4. The second-order valence-electron chi connectivity index (χ2n) is 7.59. The predicted molar refractivity (Wildman–Crippen MR) is 133 cm³/mol. The average molecular weight is 542 g/mol. The van der Waals surface area contributed by atoms with Crippen LogP contribution in [-0.4, -0.2) is 43.8 Å². The van der Waals surface area contributed by atoms with Crippen molar-refractivity contribution in [2.45, 2.75) is 32.9 Å². The molecule has 30 heavy (non-hydrogen) atoms. The maximum Gasteiger partial charge on any atom is 0.231 e. The molecule has 1 unspecified atom stereocenters. The van der Waals surface area contributed by atoms with E-state index in [9.17, 15) is 0 Å². The van der Waals surface area contributed by atoms with Crippen LogP contribution in [0, 0.1) is 5.92 Å². The zero-order chi connectivity index (χ0) is 19.9. The first kappa shape index (κ1) is 23.1. The Morgan fingerprint density at radius 3 is 2.97 bits per heavy atom. The van der Waals surface area contributed by atoms with Gasteiger partial charge in [-0.25, -0.2) is 4.99 Å². The quantitative estimate of drug-likeness (QED) is 0.314. The van der Waals surface area contributed by atoms with Gasteiger partial charge in [0.25, 0.3) is 0 Å². The van der Waals surface area contributed by atoms with Gasteiger partial charge in [0, 0.05) is 31.1 Å². The number of nitrogens with zero attached hydrogens (tertiary/aromatic N) is 2. The molecule has 0 bridgehead atoms. The smallest absolute Gasteiger partial charge is 0.231 e. The van der Waals surface area contributed by atoms with Crippen molar-refractivity contribution in [3.05, 3.63) is 46.2 Å². The van der Waals surface area contributed by atoms with E-state index in [4.69, 9.17) is 14.5 Å². The molecule has 6 nitrogen and oxygen atoms in total. The number of nitrogens with one attached hydrogen (secondary N) is 2. The van der Waals surface area contributed by atoms with Crippen molar-refractivity contribution < 1.29 is 9.47 Å². The minimum atomic E-state index is 0. The summed E-state index contributed by atoms with van der Waals surface area (Å²) in [6.45, 7) is 8.24. The number of hydrogen-bond donors (Lipinski definition) is 2. The molecule has 2 aromatic rings. The molecule has 164 valence electrons. The van der Waals surface area contributed by atoms with E-state index in [1.54, 1.807) is 0 Å². The minimum absolute atomic E-state index is 0. The first-order valence-corrected chi connectivity index (χ1v) is 11.3. The van der Waals surface area contributed by atoms with Gasteiger partial charge in [-0.2, -0.15) is 0 Å². The summed E-state index contributed by atoms with van der Waals surface area (Å²) in [4.78, 5) is 8.80. The Kier molecular flexibility index (Phi) is 9.07. The molecule has 4 rings (SSSR count). The van der Waals surface area contributed by atoms with Crippen LogP contribution in [0.3, 0.4) is 0 Å². The van der Waals surface area contributed by atoms with Crippen molar-refractivity contribution in [1.29, 1.82) is 0 Å². The molecule has 8 heteroatoms. The summed E-state index contributed by atoms with van der Waals surface area (Å²) < 4.78 is 10.8. The van der Waals surface area contributed by atoms with Gasteiger partial charge in [-0.05, 0) is 61.4 Å². The fraction of sp³-hybridized carbons (Fsp3) is 0.500. The number of piperidine rings is 1. The van der Waals surface area contributed by atoms with Crippen LogP contribution >= 0.6 is 35.3 Å². The lowest BCUT2D eigenvalue weighted by Crippen LogP contribution is -2.44. The maximum atomic E-state index is 5.46. The highest BCUT2D eigenvalue weighted by molar-refractivity contribution is 14.0. The highest BCUT2D eigenvalue weighted by Crippen LogP contribution is 2.32. The lowest BCUT2D eigenvalue weighted by atomic mass is 9.98. The van der Waals surface area contributed by atoms with Crippen molar-refractivity contribution >= 4 is 41.3 Å². The van der Waals surface area contributed by atoms with E-state index in [1.165, 1.54) is 24.3 Å². The number of hydrogen-bond acceptors (Lipinski definition) is 5. The lowest BCUT2D eigenvalue weighted by molar-refractivity contribution is 0.169. The van der Waals surface area contributed by atoms with Crippen molar-refractivity contribution in [1.82, 2.24) is 15.5 Å². The number of guanidine groups is 1. The largest absolute Gasteiger partial charge is 0.454 e. The number of aliphatic imine (C=N–C) groups is 1. The Morgan fingerprint density at radius 2 is 2.13 bits per heavy atom. The van der Waals surface area contributed by atoms with E-state index in [1.807, 2.05) is 29.5 Å².